The fourth-order valence-electron chi connectivity index (χ4n) is 2.99. The molecule has 6 heteroatoms. The van der Waals surface area contributed by atoms with E-state index in [1.54, 1.807) is 17.5 Å². The lowest BCUT2D eigenvalue weighted by Crippen LogP contribution is -2.14. The van der Waals surface area contributed by atoms with Crippen LogP contribution in [0.25, 0.3) is 10.2 Å². The van der Waals surface area contributed by atoms with Crippen LogP contribution in [0.2, 0.25) is 0 Å². The van der Waals surface area contributed by atoms with Gasteiger partial charge in [-0.2, -0.15) is 0 Å². The van der Waals surface area contributed by atoms with Crippen molar-refractivity contribution in [3.05, 3.63) is 59.2 Å². The summed E-state index contributed by atoms with van der Waals surface area (Å²) in [6, 6.07) is 9.96. The van der Waals surface area contributed by atoms with E-state index in [1.165, 1.54) is 4.88 Å². The van der Waals surface area contributed by atoms with Gasteiger partial charge in [-0.25, -0.2) is 0 Å². The van der Waals surface area contributed by atoms with Gasteiger partial charge in [0.15, 0.2) is 0 Å². The summed E-state index contributed by atoms with van der Waals surface area (Å²) in [7, 11) is 2.07. The van der Waals surface area contributed by atoms with Crippen LogP contribution in [0.3, 0.4) is 0 Å². The molecule has 1 atom stereocenters. The van der Waals surface area contributed by atoms with Crippen LogP contribution in [0, 0.1) is 6.92 Å². The molecule has 3 rings (SSSR count). The lowest BCUT2D eigenvalue weighted by atomic mass is 10.2. The molecule has 0 saturated heterocycles. The predicted molar refractivity (Wildman–Crippen MR) is 121 cm³/mol. The average molecular weight is 410 g/mol. The van der Waals surface area contributed by atoms with Crippen LogP contribution in [-0.2, 0) is 4.79 Å². The van der Waals surface area contributed by atoms with Crippen LogP contribution in [0.1, 0.15) is 43.7 Å². The Hall–Kier alpha value is -2.86. The van der Waals surface area contributed by atoms with Crippen molar-refractivity contribution in [1.82, 2.24) is 9.88 Å². The Morgan fingerprint density at radius 2 is 2.10 bits per heavy atom. The molecule has 0 aliphatic rings. The van der Waals surface area contributed by atoms with E-state index in [0.29, 0.717) is 6.42 Å². The molecule has 29 heavy (non-hydrogen) atoms. The number of fused-ring (bicyclic) bond motifs is 1. The van der Waals surface area contributed by atoms with Gasteiger partial charge in [0, 0.05) is 36.3 Å². The van der Waals surface area contributed by atoms with Crippen LogP contribution >= 0.6 is 11.3 Å². The van der Waals surface area contributed by atoms with Gasteiger partial charge in [0.1, 0.15) is 11.5 Å². The van der Waals surface area contributed by atoms with Crippen molar-refractivity contribution in [1.29, 1.82) is 0 Å². The molecule has 1 aromatic carbocycles. The normalized spacial score (nSPS) is 12.3. The SMILES string of the molecule is C/C=C\N(C)C(C)c1cc2nccc(Oc3ccc(NC(=O)CC)cc3C)c2s1. The first-order valence-electron chi connectivity index (χ1n) is 9.74. The molecule has 0 fully saturated rings. The third-order valence-electron chi connectivity index (χ3n) is 4.80. The zero-order valence-corrected chi connectivity index (χ0v) is 18.3. The number of carbonyl (C=O) groups is 1. The first-order valence-corrected chi connectivity index (χ1v) is 10.6. The van der Waals surface area contributed by atoms with E-state index in [4.69, 9.17) is 4.74 Å². The number of carbonyl (C=O) groups excluding carboxylic acids is 1. The Balaban J connectivity index is 1.88. The summed E-state index contributed by atoms with van der Waals surface area (Å²) < 4.78 is 7.27. The highest BCUT2D eigenvalue weighted by Gasteiger charge is 2.16. The van der Waals surface area contributed by atoms with E-state index in [2.05, 4.69) is 41.4 Å². The van der Waals surface area contributed by atoms with Gasteiger partial charge in [-0.1, -0.05) is 13.0 Å². The second-order valence-corrected chi connectivity index (χ2v) is 8.06. The van der Waals surface area contributed by atoms with Gasteiger partial charge < -0.3 is 15.0 Å². The Morgan fingerprint density at radius 3 is 2.79 bits per heavy atom. The number of thiophene rings is 1. The zero-order valence-electron chi connectivity index (χ0n) is 17.5. The fourth-order valence-corrected chi connectivity index (χ4v) is 4.16. The number of nitrogens with zero attached hydrogens (tertiary/aromatic N) is 2. The molecule has 0 spiro atoms. The van der Waals surface area contributed by atoms with Crippen LogP contribution < -0.4 is 10.1 Å². The number of nitrogens with one attached hydrogen (secondary N) is 1. The topological polar surface area (TPSA) is 54.5 Å². The largest absolute Gasteiger partial charge is 0.455 e. The van der Waals surface area contributed by atoms with Gasteiger partial charge in [0.25, 0.3) is 0 Å². The Bertz CT molecular complexity index is 1040. The van der Waals surface area contributed by atoms with Crippen LogP contribution in [0.15, 0.2) is 48.8 Å². The van der Waals surface area contributed by atoms with Crippen LogP contribution in [0.5, 0.6) is 11.5 Å². The quantitative estimate of drug-likeness (QED) is 0.499. The maximum Gasteiger partial charge on any atom is 0.224 e. The number of aryl methyl sites for hydroxylation is 1. The minimum Gasteiger partial charge on any atom is -0.455 e. The van der Waals surface area contributed by atoms with E-state index in [0.717, 1.165) is 33.0 Å². The number of aromatic nitrogens is 1. The molecule has 3 aromatic rings. The summed E-state index contributed by atoms with van der Waals surface area (Å²) in [5.41, 5.74) is 2.68. The van der Waals surface area contributed by atoms with Gasteiger partial charge in [-0.15, -0.1) is 11.3 Å². The molecular weight excluding hydrogens is 382 g/mol. The Morgan fingerprint density at radius 1 is 1.31 bits per heavy atom. The number of benzene rings is 1. The van der Waals surface area contributed by atoms with E-state index < -0.39 is 0 Å². The number of ether oxygens (including phenoxy) is 1. The van der Waals surface area contributed by atoms with Gasteiger partial charge in [-0.3, -0.25) is 9.78 Å². The summed E-state index contributed by atoms with van der Waals surface area (Å²) in [6.45, 7) is 8.01. The molecule has 1 unspecified atom stereocenters. The molecule has 2 aromatic heterocycles. The highest BCUT2D eigenvalue weighted by molar-refractivity contribution is 7.19. The van der Waals surface area contributed by atoms with Crippen molar-refractivity contribution in [3.8, 4) is 11.5 Å². The molecule has 0 aliphatic heterocycles. The van der Waals surface area contributed by atoms with E-state index >= 15 is 0 Å². The third kappa shape index (κ3) is 4.77. The number of hydrogen-bond donors (Lipinski definition) is 1. The van der Waals surface area contributed by atoms with Gasteiger partial charge in [-0.05, 0) is 56.8 Å². The van der Waals surface area contributed by atoms with Gasteiger partial charge in [0.2, 0.25) is 5.91 Å². The molecule has 0 aliphatic carbocycles. The van der Waals surface area contributed by atoms with Crippen molar-refractivity contribution in [2.45, 2.75) is 40.2 Å². The van der Waals surface area contributed by atoms with E-state index in [1.807, 2.05) is 51.1 Å². The standard InChI is InChI=1S/C23H27N3O2S/c1-6-12-26(5)16(4)21-14-18-23(29-21)20(10-11-24-18)28-19-9-8-17(13-15(19)3)25-22(27)7-2/h6,8-14,16H,7H2,1-5H3,(H,25,27)/b12-6-. The number of pyridine rings is 1. The minimum absolute atomic E-state index is 0.00275. The van der Waals surface area contributed by atoms with Crippen molar-refractivity contribution < 1.29 is 9.53 Å². The summed E-state index contributed by atoms with van der Waals surface area (Å²) >= 11 is 1.71. The van der Waals surface area contributed by atoms with E-state index in [-0.39, 0.29) is 11.9 Å². The highest BCUT2D eigenvalue weighted by atomic mass is 32.1. The lowest BCUT2D eigenvalue weighted by molar-refractivity contribution is -0.115. The Labute approximate surface area is 176 Å². The number of hydrogen-bond acceptors (Lipinski definition) is 5. The second-order valence-electron chi connectivity index (χ2n) is 6.98. The van der Waals surface area contributed by atoms with Crippen LogP contribution in [0.4, 0.5) is 5.69 Å². The maximum atomic E-state index is 11.6. The summed E-state index contributed by atoms with van der Waals surface area (Å²) in [5, 5.41) is 2.88. The van der Waals surface area contributed by atoms with E-state index in [9.17, 15) is 4.79 Å². The number of anilines is 1. The van der Waals surface area contributed by atoms with Crippen molar-refractivity contribution >= 4 is 33.1 Å². The minimum atomic E-state index is -0.00275. The van der Waals surface area contributed by atoms with Gasteiger partial charge in [0.05, 0.1) is 16.3 Å². The van der Waals surface area contributed by atoms with Gasteiger partial charge >= 0.3 is 0 Å². The van der Waals surface area contributed by atoms with Crippen molar-refractivity contribution in [3.63, 3.8) is 0 Å². The Kier molecular flexibility index (Phi) is 6.54. The number of allylic oxidation sites excluding steroid dienone is 1. The smallest absolute Gasteiger partial charge is 0.224 e. The molecule has 152 valence electrons. The maximum absolute atomic E-state index is 11.6. The first kappa shape index (κ1) is 20.9. The third-order valence-corrected chi connectivity index (χ3v) is 6.11. The second kappa shape index (κ2) is 9.09. The summed E-state index contributed by atoms with van der Waals surface area (Å²) in [5.74, 6) is 1.55. The molecule has 0 saturated carbocycles. The summed E-state index contributed by atoms with van der Waals surface area (Å²) in [6.07, 6.45) is 6.34. The number of rotatable bonds is 7. The molecule has 2 heterocycles. The number of amides is 1. The molecule has 1 amide bonds. The molecular formula is C23H27N3O2S. The molecule has 5 nitrogen and oxygen atoms in total. The monoisotopic (exact) mass is 409 g/mol. The van der Waals surface area contributed by atoms with Crippen molar-refractivity contribution in [2.24, 2.45) is 0 Å². The first-order chi connectivity index (χ1) is 13.9. The fraction of sp³-hybridized carbons (Fsp3) is 0.304. The zero-order chi connectivity index (χ0) is 21.0. The highest BCUT2D eigenvalue weighted by Crippen LogP contribution is 2.39. The lowest BCUT2D eigenvalue weighted by Gasteiger charge is -2.21. The van der Waals surface area contributed by atoms with Crippen molar-refractivity contribution in [2.75, 3.05) is 12.4 Å². The molecule has 0 bridgehead atoms. The summed E-state index contributed by atoms with van der Waals surface area (Å²) in [4.78, 5) is 19.5. The molecule has 0 radical (unpaired) electrons. The van der Waals surface area contributed by atoms with Crippen LogP contribution in [-0.4, -0.2) is 22.8 Å². The average Bonchev–Trinajstić information content (AvgIpc) is 3.14. The predicted octanol–water partition coefficient (Wildman–Crippen LogP) is 6.27. The molecule has 1 N–H and O–H groups in total.